The summed E-state index contributed by atoms with van der Waals surface area (Å²) in [4.78, 5) is 8.28. The molecule has 0 spiro atoms. The van der Waals surface area contributed by atoms with E-state index in [9.17, 15) is 21.6 Å². The quantitative estimate of drug-likeness (QED) is 0.441. The molecule has 0 aliphatic carbocycles. The molecule has 0 aliphatic heterocycles. The van der Waals surface area contributed by atoms with Crippen LogP contribution in [-0.2, 0) is 27.5 Å². The first-order valence-electron chi connectivity index (χ1n) is 8.72. The van der Waals surface area contributed by atoms with E-state index in [4.69, 9.17) is 10.5 Å². The predicted molar refractivity (Wildman–Crippen MR) is 104 cm³/mol. The minimum atomic E-state index is -4.67. The molecule has 0 bridgehead atoms. The van der Waals surface area contributed by atoms with E-state index in [0.29, 0.717) is 11.0 Å². The van der Waals surface area contributed by atoms with E-state index in [0.717, 1.165) is 12.3 Å². The average Bonchev–Trinajstić information content (AvgIpc) is 3.01. The van der Waals surface area contributed by atoms with Crippen molar-refractivity contribution in [2.75, 3.05) is 25.2 Å². The van der Waals surface area contributed by atoms with Crippen molar-refractivity contribution in [2.45, 2.75) is 12.6 Å². The lowest BCUT2D eigenvalue weighted by atomic mass is 10.1. The van der Waals surface area contributed by atoms with Crippen molar-refractivity contribution in [3.05, 3.63) is 36.2 Å². The lowest BCUT2D eigenvalue weighted by molar-refractivity contribution is -0.138. The van der Waals surface area contributed by atoms with Crippen LogP contribution in [0.5, 0.6) is 5.75 Å². The number of nitrogen functional groups attached to an aromatic ring is 1. The molecule has 0 aliphatic rings. The van der Waals surface area contributed by atoms with Crippen LogP contribution in [0.25, 0.3) is 22.3 Å². The van der Waals surface area contributed by atoms with Gasteiger partial charge in [0.1, 0.15) is 11.3 Å². The summed E-state index contributed by atoms with van der Waals surface area (Å²) in [6.07, 6.45) is -2.14. The molecule has 1 aromatic carbocycles. The third kappa shape index (κ3) is 5.00. The zero-order chi connectivity index (χ0) is 22.1. The second-order valence-electron chi connectivity index (χ2n) is 6.55. The summed E-state index contributed by atoms with van der Waals surface area (Å²) < 4.78 is 74.0. The number of aryl methyl sites for hydroxylation is 1. The van der Waals surface area contributed by atoms with Crippen molar-refractivity contribution in [1.82, 2.24) is 14.5 Å². The van der Waals surface area contributed by atoms with Crippen molar-refractivity contribution in [2.24, 2.45) is 7.05 Å². The maximum absolute atomic E-state index is 13.6. The maximum Gasteiger partial charge on any atom is 0.419 e. The van der Waals surface area contributed by atoms with E-state index >= 15 is 0 Å². The fourth-order valence-electron chi connectivity index (χ4n) is 2.79. The Morgan fingerprint density at radius 2 is 1.93 bits per heavy atom. The molecule has 0 fully saturated rings. The lowest BCUT2D eigenvalue weighted by Crippen LogP contribution is -2.12. The Kier molecular flexibility index (Phi) is 5.90. The van der Waals surface area contributed by atoms with E-state index < -0.39 is 21.9 Å². The Morgan fingerprint density at radius 1 is 1.20 bits per heavy atom. The molecule has 0 unspecified atom stereocenters. The highest BCUT2D eigenvalue weighted by Gasteiger charge is 2.35. The second kappa shape index (κ2) is 8.11. The Morgan fingerprint density at radius 3 is 2.60 bits per heavy atom. The summed E-state index contributed by atoms with van der Waals surface area (Å²) in [7, 11) is -1.87. The second-order valence-corrected chi connectivity index (χ2v) is 8.20. The number of benzene rings is 1. The van der Waals surface area contributed by atoms with E-state index in [-0.39, 0.29) is 42.5 Å². The number of alkyl halides is 3. The van der Waals surface area contributed by atoms with Gasteiger partial charge in [-0.2, -0.15) is 21.6 Å². The number of rotatable bonds is 7. The van der Waals surface area contributed by atoms with E-state index in [1.807, 2.05) is 0 Å². The van der Waals surface area contributed by atoms with Crippen LogP contribution in [0.4, 0.5) is 19.0 Å². The zero-order valence-corrected chi connectivity index (χ0v) is 16.9. The Hall–Kier alpha value is -2.86. The number of hydrogen-bond acceptors (Lipinski definition) is 7. The van der Waals surface area contributed by atoms with Crippen LogP contribution in [0.15, 0.2) is 30.6 Å². The molecule has 162 valence electrons. The van der Waals surface area contributed by atoms with Crippen LogP contribution >= 0.6 is 0 Å². The van der Waals surface area contributed by atoms with Crippen molar-refractivity contribution in [3.8, 4) is 17.0 Å². The Labute approximate surface area is 170 Å². The van der Waals surface area contributed by atoms with Gasteiger partial charge in [-0.25, -0.2) is 9.97 Å². The van der Waals surface area contributed by atoms with Crippen molar-refractivity contribution < 1.29 is 30.5 Å². The summed E-state index contributed by atoms with van der Waals surface area (Å²) in [6, 6.07) is 5.19. The smallest absolute Gasteiger partial charge is 0.419 e. The fourth-order valence-corrected chi connectivity index (χ4v) is 3.21. The van der Waals surface area contributed by atoms with Gasteiger partial charge in [-0.05, 0) is 24.3 Å². The standard InChI is InChI=1S/C18H19F3N4O4S/c1-25-10-23-16-14(25)9-13(24-17(16)22)11-4-5-15(12(8-11)18(19,20)21)28-6-3-7-29-30(2,26)27/h4-5,8-10H,3,6-7H2,1-2H3,(H2,22,24). The molecule has 0 saturated carbocycles. The van der Waals surface area contributed by atoms with Gasteiger partial charge in [0.05, 0.1) is 42.6 Å². The predicted octanol–water partition coefficient (Wildman–Crippen LogP) is 2.98. The van der Waals surface area contributed by atoms with Gasteiger partial charge in [0, 0.05) is 19.0 Å². The van der Waals surface area contributed by atoms with E-state index in [2.05, 4.69) is 14.2 Å². The van der Waals surface area contributed by atoms with E-state index in [1.165, 1.54) is 18.5 Å². The summed E-state index contributed by atoms with van der Waals surface area (Å²) >= 11 is 0. The Balaban J connectivity index is 1.87. The molecule has 0 saturated heterocycles. The van der Waals surface area contributed by atoms with Gasteiger partial charge < -0.3 is 15.0 Å². The molecular weight excluding hydrogens is 425 g/mol. The molecule has 0 atom stereocenters. The molecular formula is C18H19F3N4O4S. The number of hydrogen-bond donors (Lipinski definition) is 1. The highest BCUT2D eigenvalue weighted by Crippen LogP contribution is 2.39. The van der Waals surface area contributed by atoms with E-state index in [1.54, 1.807) is 17.7 Å². The number of aromatic nitrogens is 3. The summed E-state index contributed by atoms with van der Waals surface area (Å²) in [6.45, 7) is -0.337. The first-order chi connectivity index (χ1) is 14.0. The van der Waals surface area contributed by atoms with Crippen LogP contribution < -0.4 is 10.5 Å². The number of halogens is 3. The first-order valence-corrected chi connectivity index (χ1v) is 10.5. The number of anilines is 1. The van der Waals surface area contributed by atoms with Gasteiger partial charge in [-0.15, -0.1) is 0 Å². The molecule has 2 aromatic heterocycles. The molecule has 2 heterocycles. The third-order valence-electron chi connectivity index (χ3n) is 4.16. The largest absolute Gasteiger partial charge is 0.493 e. The molecule has 8 nitrogen and oxygen atoms in total. The molecule has 30 heavy (non-hydrogen) atoms. The molecule has 12 heteroatoms. The average molecular weight is 444 g/mol. The maximum atomic E-state index is 13.6. The highest BCUT2D eigenvalue weighted by atomic mass is 32.2. The molecule has 2 N–H and O–H groups in total. The number of fused-ring (bicyclic) bond motifs is 1. The van der Waals surface area contributed by atoms with Crippen LogP contribution in [0, 0.1) is 0 Å². The van der Waals surface area contributed by atoms with Crippen LogP contribution in [0.3, 0.4) is 0 Å². The topological polar surface area (TPSA) is 109 Å². The fraction of sp³-hybridized carbons (Fsp3) is 0.333. The van der Waals surface area contributed by atoms with Crippen LogP contribution in [-0.4, -0.2) is 42.4 Å². The van der Waals surface area contributed by atoms with Crippen molar-refractivity contribution in [1.29, 1.82) is 0 Å². The third-order valence-corrected chi connectivity index (χ3v) is 4.76. The Bertz CT molecular complexity index is 1180. The summed E-state index contributed by atoms with van der Waals surface area (Å²) in [5.41, 5.74) is 6.50. The molecule has 3 aromatic rings. The van der Waals surface area contributed by atoms with Gasteiger partial charge >= 0.3 is 6.18 Å². The van der Waals surface area contributed by atoms with Gasteiger partial charge in [0.2, 0.25) is 0 Å². The number of nitrogens with zero attached hydrogens (tertiary/aromatic N) is 3. The number of pyridine rings is 1. The van der Waals surface area contributed by atoms with Crippen molar-refractivity contribution in [3.63, 3.8) is 0 Å². The molecule has 0 amide bonds. The summed E-state index contributed by atoms with van der Waals surface area (Å²) in [5, 5.41) is 0. The molecule has 0 radical (unpaired) electrons. The normalized spacial score (nSPS) is 12.4. The number of nitrogens with two attached hydrogens (primary N) is 1. The lowest BCUT2D eigenvalue weighted by Gasteiger charge is -2.15. The zero-order valence-electron chi connectivity index (χ0n) is 16.1. The van der Waals surface area contributed by atoms with Gasteiger partial charge in [-0.3, -0.25) is 4.18 Å². The van der Waals surface area contributed by atoms with Crippen molar-refractivity contribution >= 4 is 27.0 Å². The number of ether oxygens (including phenoxy) is 1. The SMILES string of the molecule is Cn1cnc2c(N)nc(-c3ccc(OCCCOS(C)(=O)=O)c(C(F)(F)F)c3)cc21. The summed E-state index contributed by atoms with van der Waals surface area (Å²) in [5.74, 6) is -0.261. The highest BCUT2D eigenvalue weighted by molar-refractivity contribution is 7.85. The van der Waals surface area contributed by atoms with Gasteiger partial charge in [-0.1, -0.05) is 0 Å². The van der Waals surface area contributed by atoms with Gasteiger partial charge in [0.15, 0.2) is 5.82 Å². The first kappa shape index (κ1) is 21.8. The van der Waals surface area contributed by atoms with Crippen LogP contribution in [0.1, 0.15) is 12.0 Å². The van der Waals surface area contributed by atoms with Crippen LogP contribution in [0.2, 0.25) is 0 Å². The monoisotopic (exact) mass is 444 g/mol. The minimum Gasteiger partial charge on any atom is -0.493 e. The van der Waals surface area contributed by atoms with Gasteiger partial charge in [0.25, 0.3) is 10.1 Å². The number of imidazole rings is 1. The minimum absolute atomic E-state index is 0.0986. The molecule has 3 rings (SSSR count).